The number of benzene rings is 1. The second kappa shape index (κ2) is 6.19. The maximum Gasteiger partial charge on any atom is 0.168 e. The molecular weight excluding hydrogens is 229 g/mol. The zero-order valence-electron chi connectivity index (χ0n) is 11.2. The number of ether oxygens (including phenoxy) is 1. The Hall–Kier alpha value is -1.09. The minimum absolute atomic E-state index is 0.185. The van der Waals surface area contributed by atoms with Gasteiger partial charge in [0.05, 0.1) is 7.11 Å². The number of hydrogen-bond donors (Lipinski definition) is 1. The van der Waals surface area contributed by atoms with Gasteiger partial charge in [0.25, 0.3) is 0 Å². The molecule has 0 heterocycles. The molecule has 0 radical (unpaired) electrons. The van der Waals surface area contributed by atoms with Gasteiger partial charge in [-0.2, -0.15) is 0 Å². The second-order valence-electron chi connectivity index (χ2n) is 4.96. The van der Waals surface area contributed by atoms with Crippen LogP contribution in [0.15, 0.2) is 18.2 Å². The van der Waals surface area contributed by atoms with E-state index in [2.05, 4.69) is 12.2 Å². The SMILES string of the molecule is CCCNC1CCCC1c1cccc(OC)c1F. The standard InChI is InChI=1S/C15H22FNO/c1-3-10-17-13-8-4-6-11(13)12-7-5-9-14(18-2)15(12)16/h5,7,9,11,13,17H,3-4,6,8,10H2,1-2H3. The van der Waals surface area contributed by atoms with Crippen LogP contribution in [0.3, 0.4) is 0 Å². The van der Waals surface area contributed by atoms with Gasteiger partial charge in [-0.1, -0.05) is 25.5 Å². The Morgan fingerprint density at radius 3 is 2.94 bits per heavy atom. The van der Waals surface area contributed by atoms with Crippen LogP contribution in [0, 0.1) is 5.82 Å². The molecule has 2 unspecified atom stereocenters. The largest absolute Gasteiger partial charge is 0.494 e. The number of hydrogen-bond acceptors (Lipinski definition) is 2. The molecule has 18 heavy (non-hydrogen) atoms. The molecule has 2 atom stereocenters. The first-order valence-corrected chi connectivity index (χ1v) is 6.83. The molecule has 1 fully saturated rings. The molecule has 0 saturated heterocycles. The molecule has 1 saturated carbocycles. The molecule has 1 aromatic carbocycles. The van der Waals surface area contributed by atoms with E-state index in [1.165, 1.54) is 13.5 Å². The predicted molar refractivity (Wildman–Crippen MR) is 71.6 cm³/mol. The number of rotatable bonds is 5. The molecule has 0 aromatic heterocycles. The summed E-state index contributed by atoms with van der Waals surface area (Å²) in [5.74, 6) is 0.454. The smallest absolute Gasteiger partial charge is 0.168 e. The summed E-state index contributed by atoms with van der Waals surface area (Å²) in [6, 6.07) is 5.87. The van der Waals surface area contributed by atoms with E-state index in [0.29, 0.717) is 11.8 Å². The van der Waals surface area contributed by atoms with Gasteiger partial charge in [0, 0.05) is 12.0 Å². The molecule has 2 nitrogen and oxygen atoms in total. The van der Waals surface area contributed by atoms with Gasteiger partial charge in [-0.15, -0.1) is 0 Å². The van der Waals surface area contributed by atoms with Gasteiger partial charge in [0.15, 0.2) is 11.6 Å². The van der Waals surface area contributed by atoms with E-state index < -0.39 is 0 Å². The summed E-state index contributed by atoms with van der Waals surface area (Å²) in [6.45, 7) is 3.16. The quantitative estimate of drug-likeness (QED) is 0.865. The lowest BCUT2D eigenvalue weighted by atomic mass is 9.93. The van der Waals surface area contributed by atoms with Crippen LogP contribution in [0.4, 0.5) is 4.39 Å². The second-order valence-corrected chi connectivity index (χ2v) is 4.96. The molecule has 1 N–H and O–H groups in total. The summed E-state index contributed by atoms with van der Waals surface area (Å²) in [6.07, 6.45) is 4.49. The predicted octanol–water partition coefficient (Wildman–Crippen LogP) is 3.47. The summed E-state index contributed by atoms with van der Waals surface area (Å²) < 4.78 is 19.3. The van der Waals surface area contributed by atoms with Crippen molar-refractivity contribution in [3.63, 3.8) is 0 Å². The Labute approximate surface area is 109 Å². The van der Waals surface area contributed by atoms with Crippen LogP contribution in [0.5, 0.6) is 5.75 Å². The third kappa shape index (κ3) is 2.66. The van der Waals surface area contributed by atoms with Crippen molar-refractivity contribution in [2.24, 2.45) is 0 Å². The minimum Gasteiger partial charge on any atom is -0.494 e. The molecule has 0 aliphatic heterocycles. The molecular formula is C15H22FNO. The number of nitrogens with one attached hydrogen (secondary N) is 1. The van der Waals surface area contributed by atoms with Crippen molar-refractivity contribution in [2.75, 3.05) is 13.7 Å². The van der Waals surface area contributed by atoms with Crippen LogP contribution < -0.4 is 10.1 Å². The fourth-order valence-electron chi connectivity index (χ4n) is 2.88. The Kier molecular flexibility index (Phi) is 4.59. The average Bonchev–Trinajstić information content (AvgIpc) is 2.84. The van der Waals surface area contributed by atoms with Gasteiger partial charge in [-0.05, 0) is 37.4 Å². The van der Waals surface area contributed by atoms with E-state index in [0.717, 1.165) is 31.4 Å². The van der Waals surface area contributed by atoms with Crippen LogP contribution in [0.2, 0.25) is 0 Å². The first-order valence-electron chi connectivity index (χ1n) is 6.83. The fraction of sp³-hybridized carbons (Fsp3) is 0.600. The van der Waals surface area contributed by atoms with Gasteiger partial charge >= 0.3 is 0 Å². The molecule has 0 spiro atoms. The molecule has 3 heteroatoms. The molecule has 0 amide bonds. The van der Waals surface area contributed by atoms with Crippen molar-refractivity contribution in [2.45, 2.75) is 44.6 Å². The Balaban J connectivity index is 2.19. The lowest BCUT2D eigenvalue weighted by Gasteiger charge is -2.22. The van der Waals surface area contributed by atoms with E-state index in [1.807, 2.05) is 12.1 Å². The van der Waals surface area contributed by atoms with Crippen molar-refractivity contribution in [1.82, 2.24) is 5.32 Å². The van der Waals surface area contributed by atoms with E-state index in [4.69, 9.17) is 4.74 Å². The molecule has 1 aliphatic carbocycles. The van der Waals surface area contributed by atoms with Crippen molar-refractivity contribution in [1.29, 1.82) is 0 Å². The highest BCUT2D eigenvalue weighted by Crippen LogP contribution is 2.37. The van der Waals surface area contributed by atoms with Gasteiger partial charge < -0.3 is 10.1 Å². The van der Waals surface area contributed by atoms with Crippen molar-refractivity contribution in [3.05, 3.63) is 29.6 Å². The number of methoxy groups -OCH3 is 1. The normalized spacial score (nSPS) is 23.3. The Morgan fingerprint density at radius 2 is 2.22 bits per heavy atom. The summed E-state index contributed by atoms with van der Waals surface area (Å²) >= 11 is 0. The van der Waals surface area contributed by atoms with Gasteiger partial charge in [-0.3, -0.25) is 0 Å². The minimum atomic E-state index is -0.185. The highest BCUT2D eigenvalue weighted by atomic mass is 19.1. The van der Waals surface area contributed by atoms with Crippen molar-refractivity contribution < 1.29 is 9.13 Å². The van der Waals surface area contributed by atoms with Crippen molar-refractivity contribution >= 4 is 0 Å². The highest BCUT2D eigenvalue weighted by Gasteiger charge is 2.30. The average molecular weight is 251 g/mol. The van der Waals surface area contributed by atoms with Gasteiger partial charge in [-0.25, -0.2) is 4.39 Å². The van der Waals surface area contributed by atoms with E-state index in [9.17, 15) is 4.39 Å². The highest BCUT2D eigenvalue weighted by molar-refractivity contribution is 5.34. The van der Waals surface area contributed by atoms with E-state index in [-0.39, 0.29) is 11.7 Å². The van der Waals surface area contributed by atoms with Gasteiger partial charge in [0.2, 0.25) is 0 Å². The molecule has 100 valence electrons. The van der Waals surface area contributed by atoms with E-state index in [1.54, 1.807) is 6.07 Å². The summed E-state index contributed by atoms with van der Waals surface area (Å²) in [7, 11) is 1.52. The third-order valence-corrected chi connectivity index (χ3v) is 3.79. The van der Waals surface area contributed by atoms with E-state index >= 15 is 0 Å². The van der Waals surface area contributed by atoms with Crippen LogP contribution in [-0.4, -0.2) is 19.7 Å². The maximum atomic E-state index is 14.3. The summed E-state index contributed by atoms with van der Waals surface area (Å²) in [5.41, 5.74) is 0.806. The Morgan fingerprint density at radius 1 is 1.39 bits per heavy atom. The number of halogens is 1. The maximum absolute atomic E-state index is 14.3. The fourth-order valence-corrected chi connectivity index (χ4v) is 2.88. The zero-order chi connectivity index (χ0) is 13.0. The monoisotopic (exact) mass is 251 g/mol. The van der Waals surface area contributed by atoms with Crippen LogP contribution >= 0.6 is 0 Å². The third-order valence-electron chi connectivity index (χ3n) is 3.79. The van der Waals surface area contributed by atoms with Crippen LogP contribution in [0.1, 0.15) is 44.1 Å². The Bertz CT molecular complexity index is 394. The first kappa shape index (κ1) is 13.3. The lowest BCUT2D eigenvalue weighted by molar-refractivity contribution is 0.378. The molecule has 1 aliphatic rings. The molecule has 0 bridgehead atoms. The first-order chi connectivity index (χ1) is 8.77. The molecule has 1 aromatic rings. The summed E-state index contributed by atoms with van der Waals surface area (Å²) in [4.78, 5) is 0. The molecule has 2 rings (SSSR count). The summed E-state index contributed by atoms with van der Waals surface area (Å²) in [5, 5.41) is 3.54. The van der Waals surface area contributed by atoms with Crippen molar-refractivity contribution in [3.8, 4) is 5.75 Å². The van der Waals surface area contributed by atoms with Crippen LogP contribution in [-0.2, 0) is 0 Å². The van der Waals surface area contributed by atoms with Crippen LogP contribution in [0.25, 0.3) is 0 Å². The lowest BCUT2D eigenvalue weighted by Crippen LogP contribution is -2.32. The van der Waals surface area contributed by atoms with Gasteiger partial charge in [0.1, 0.15) is 0 Å². The zero-order valence-corrected chi connectivity index (χ0v) is 11.2. The topological polar surface area (TPSA) is 21.3 Å².